The molecule has 12 nitrogen and oxygen atoms in total. The molecule has 12 heteroatoms. The van der Waals surface area contributed by atoms with E-state index in [2.05, 4.69) is 16.0 Å². The summed E-state index contributed by atoms with van der Waals surface area (Å²) in [5, 5.41) is 8.06. The van der Waals surface area contributed by atoms with E-state index in [4.69, 9.17) is 18.9 Å². The number of benzene rings is 1. The number of esters is 1. The van der Waals surface area contributed by atoms with Crippen LogP contribution in [0.3, 0.4) is 0 Å². The van der Waals surface area contributed by atoms with Gasteiger partial charge >= 0.3 is 24.2 Å². The van der Waals surface area contributed by atoms with Crippen LogP contribution in [0.2, 0.25) is 0 Å². The van der Waals surface area contributed by atoms with Crippen LogP contribution < -0.4 is 16.0 Å². The van der Waals surface area contributed by atoms with Gasteiger partial charge in [-0.1, -0.05) is 36.8 Å². The Morgan fingerprint density at radius 2 is 1.11 bits per heavy atom. The third-order valence-corrected chi connectivity index (χ3v) is 6.32. The number of alkyl carbamates (subject to hydrolysis) is 3. The van der Waals surface area contributed by atoms with Crippen molar-refractivity contribution in [1.82, 2.24) is 16.0 Å². The van der Waals surface area contributed by atoms with E-state index in [1.54, 1.807) is 62.3 Å². The average molecular weight is 664 g/mol. The van der Waals surface area contributed by atoms with Gasteiger partial charge in [0.15, 0.2) is 5.78 Å². The first kappa shape index (κ1) is 41.2. The van der Waals surface area contributed by atoms with E-state index < -0.39 is 53.0 Å². The van der Waals surface area contributed by atoms with Crippen molar-refractivity contribution in [3.8, 4) is 0 Å². The number of ketones is 1. The van der Waals surface area contributed by atoms with Crippen molar-refractivity contribution in [2.24, 2.45) is 5.92 Å². The van der Waals surface area contributed by atoms with E-state index in [0.29, 0.717) is 45.2 Å². The highest BCUT2D eigenvalue weighted by molar-refractivity contribution is 5.90. The van der Waals surface area contributed by atoms with Gasteiger partial charge in [0.05, 0.1) is 12.0 Å². The van der Waals surface area contributed by atoms with Crippen molar-refractivity contribution < 1.29 is 42.9 Å². The van der Waals surface area contributed by atoms with Crippen LogP contribution in [-0.2, 0) is 35.1 Å². The van der Waals surface area contributed by atoms with E-state index >= 15 is 0 Å². The lowest BCUT2D eigenvalue weighted by Crippen LogP contribution is -2.44. The quantitative estimate of drug-likeness (QED) is 0.0950. The van der Waals surface area contributed by atoms with Gasteiger partial charge in [0, 0.05) is 19.5 Å². The van der Waals surface area contributed by atoms with Crippen molar-refractivity contribution in [2.75, 3.05) is 13.1 Å². The first-order valence-corrected chi connectivity index (χ1v) is 16.4. The fraction of sp³-hybridized carbons (Fsp3) is 0.686. The second kappa shape index (κ2) is 19.7. The zero-order valence-corrected chi connectivity index (χ0v) is 29.8. The molecule has 3 amide bonds. The van der Waals surface area contributed by atoms with Crippen molar-refractivity contribution in [1.29, 1.82) is 0 Å². The molecular weight excluding hydrogens is 606 g/mol. The second-order valence-corrected chi connectivity index (χ2v) is 14.5. The van der Waals surface area contributed by atoms with Crippen LogP contribution in [0.25, 0.3) is 0 Å². The number of amides is 3. The largest absolute Gasteiger partial charge is 0.461 e. The van der Waals surface area contributed by atoms with Crippen molar-refractivity contribution in [2.45, 2.75) is 137 Å². The number of Topliss-reactive ketones (excluding diaryl/α,β-unsaturated/α-hetero) is 1. The highest BCUT2D eigenvalue weighted by atomic mass is 16.6. The molecule has 2 atom stereocenters. The maximum absolute atomic E-state index is 13.6. The van der Waals surface area contributed by atoms with Crippen molar-refractivity contribution in [3.63, 3.8) is 0 Å². The summed E-state index contributed by atoms with van der Waals surface area (Å²) in [5.74, 6) is -1.60. The maximum Gasteiger partial charge on any atom is 0.408 e. The van der Waals surface area contributed by atoms with Crippen LogP contribution in [0.15, 0.2) is 30.3 Å². The van der Waals surface area contributed by atoms with Gasteiger partial charge in [-0.2, -0.15) is 0 Å². The fourth-order valence-electron chi connectivity index (χ4n) is 4.30. The summed E-state index contributed by atoms with van der Waals surface area (Å²) in [4.78, 5) is 63.5. The average Bonchev–Trinajstić information content (AvgIpc) is 2.91. The maximum atomic E-state index is 13.6. The molecule has 0 saturated carbocycles. The summed E-state index contributed by atoms with van der Waals surface area (Å²) in [6.07, 6.45) is 0.804. The molecule has 266 valence electrons. The first-order chi connectivity index (χ1) is 21.7. The summed E-state index contributed by atoms with van der Waals surface area (Å²) in [6, 6.07) is 8.33. The Hall–Kier alpha value is -3.83. The summed E-state index contributed by atoms with van der Waals surface area (Å²) in [6.45, 7) is 16.6. The monoisotopic (exact) mass is 663 g/mol. The summed E-state index contributed by atoms with van der Waals surface area (Å²) in [5.41, 5.74) is -1.19. The molecule has 0 aliphatic carbocycles. The van der Waals surface area contributed by atoms with E-state index in [-0.39, 0.29) is 25.2 Å². The Bertz CT molecular complexity index is 1140. The lowest BCUT2D eigenvalue weighted by molar-refractivity contribution is -0.152. The van der Waals surface area contributed by atoms with Gasteiger partial charge in [0.2, 0.25) is 0 Å². The highest BCUT2D eigenvalue weighted by Gasteiger charge is 2.30. The molecule has 47 heavy (non-hydrogen) atoms. The molecule has 0 bridgehead atoms. The van der Waals surface area contributed by atoms with Crippen LogP contribution in [0.1, 0.15) is 113 Å². The predicted molar refractivity (Wildman–Crippen MR) is 179 cm³/mol. The van der Waals surface area contributed by atoms with Gasteiger partial charge < -0.3 is 34.9 Å². The normalized spacial score (nSPS) is 13.0. The third-order valence-electron chi connectivity index (χ3n) is 6.32. The third kappa shape index (κ3) is 21.6. The van der Waals surface area contributed by atoms with Crippen LogP contribution in [0.4, 0.5) is 14.4 Å². The zero-order valence-electron chi connectivity index (χ0n) is 29.8. The molecule has 0 spiro atoms. The van der Waals surface area contributed by atoms with Crippen molar-refractivity contribution in [3.05, 3.63) is 35.9 Å². The Morgan fingerprint density at radius 3 is 1.60 bits per heavy atom. The van der Waals surface area contributed by atoms with E-state index in [9.17, 15) is 24.0 Å². The lowest BCUT2D eigenvalue weighted by atomic mass is 9.92. The van der Waals surface area contributed by atoms with Gasteiger partial charge in [-0.25, -0.2) is 14.4 Å². The Labute approximate surface area is 280 Å². The summed E-state index contributed by atoms with van der Waals surface area (Å²) < 4.78 is 21.5. The van der Waals surface area contributed by atoms with Crippen LogP contribution >= 0.6 is 0 Å². The Balaban J connectivity index is 2.90. The molecule has 3 N–H and O–H groups in total. The highest BCUT2D eigenvalue weighted by Crippen LogP contribution is 2.20. The van der Waals surface area contributed by atoms with Gasteiger partial charge in [-0.05, 0) is 100.0 Å². The number of hydrogen-bond acceptors (Lipinski definition) is 9. The molecule has 0 saturated heterocycles. The van der Waals surface area contributed by atoms with E-state index in [0.717, 1.165) is 5.56 Å². The molecule has 0 aromatic heterocycles. The molecule has 0 aliphatic rings. The number of unbranched alkanes of at least 4 members (excludes halogenated alkanes) is 2. The predicted octanol–water partition coefficient (Wildman–Crippen LogP) is 6.59. The minimum atomic E-state index is -0.912. The minimum absolute atomic E-state index is 0.0643. The molecule has 1 aromatic rings. The van der Waals surface area contributed by atoms with Crippen LogP contribution in [0.5, 0.6) is 0 Å². The number of carbonyl (C=O) groups is 5. The molecular formula is C35H57N3O9. The number of rotatable bonds is 17. The van der Waals surface area contributed by atoms with Crippen molar-refractivity contribution >= 4 is 30.0 Å². The number of carbonyl (C=O) groups excluding carboxylic acids is 5. The first-order valence-electron chi connectivity index (χ1n) is 16.4. The van der Waals surface area contributed by atoms with Crippen LogP contribution in [-0.4, -0.2) is 66.0 Å². The molecule has 0 aliphatic heterocycles. The molecule has 1 aromatic carbocycles. The van der Waals surface area contributed by atoms with Gasteiger partial charge in [0.25, 0.3) is 0 Å². The van der Waals surface area contributed by atoms with Crippen LogP contribution in [0, 0.1) is 5.92 Å². The fourth-order valence-corrected chi connectivity index (χ4v) is 4.30. The molecule has 0 fully saturated rings. The lowest BCUT2D eigenvalue weighted by Gasteiger charge is -2.24. The Kier molecular flexibility index (Phi) is 17.3. The molecule has 0 heterocycles. The molecule has 1 rings (SSSR count). The minimum Gasteiger partial charge on any atom is -0.461 e. The SMILES string of the molecule is CC(C)(C)OC(=O)NCCCC[C@H](CC(=O)[C@H](CCCCNC(=O)OC(C)(C)C)NC(=O)OC(C)(C)C)C(=O)OCc1ccccc1. The van der Waals surface area contributed by atoms with Gasteiger partial charge in [0.1, 0.15) is 23.4 Å². The van der Waals surface area contributed by atoms with E-state index in [1.807, 2.05) is 30.3 Å². The van der Waals surface area contributed by atoms with E-state index in [1.165, 1.54) is 0 Å². The molecule has 0 radical (unpaired) electrons. The smallest absolute Gasteiger partial charge is 0.408 e. The van der Waals surface area contributed by atoms with Gasteiger partial charge in [-0.3, -0.25) is 9.59 Å². The topological polar surface area (TPSA) is 158 Å². The number of hydrogen-bond donors (Lipinski definition) is 3. The number of nitrogens with one attached hydrogen (secondary N) is 3. The zero-order chi connectivity index (χ0) is 35.7. The van der Waals surface area contributed by atoms with Gasteiger partial charge in [-0.15, -0.1) is 0 Å². The summed E-state index contributed by atoms with van der Waals surface area (Å²) in [7, 11) is 0. The number of ether oxygens (including phenoxy) is 4. The standard InChI is InChI=1S/C35H57N3O9/c1-33(2,3)45-30(41)36-21-15-13-19-26(29(40)44-24-25-17-11-10-12-18-25)23-28(39)27(38-32(43)47-35(7,8)9)20-14-16-22-37-31(42)46-34(4,5)6/h10-12,17-18,26-27H,13-16,19-24H2,1-9H3,(H,36,41)(H,37,42)(H,38,43)/t26-,27+/m1/s1. The Morgan fingerprint density at radius 1 is 0.638 bits per heavy atom. The second-order valence-electron chi connectivity index (χ2n) is 14.5. The molecule has 0 unspecified atom stereocenters. The summed E-state index contributed by atoms with van der Waals surface area (Å²) >= 11 is 0.